The second-order valence-corrected chi connectivity index (χ2v) is 23.9. The van der Waals surface area contributed by atoms with E-state index in [9.17, 15) is 10.3 Å². The smallest absolute Gasteiger partial charge is 0.317 e. The van der Waals surface area contributed by atoms with Crippen molar-refractivity contribution in [1.82, 2.24) is 10.2 Å². The quantitative estimate of drug-likeness (QED) is 0.0339. The van der Waals surface area contributed by atoms with Crippen molar-refractivity contribution in [3.63, 3.8) is 0 Å². The SMILES string of the molecule is C=C(C)c1cccc(N[C@H]2[C@H](N=[N+]=[N-])[C@@](NC(=O)N(C)C)([C@H](C)OCc3ccccc3)[C@@](C)(OCc3ccccc3)[C@]2(COCc2ccccc2)O[Si](c2ccccc2)(c2ccccc2)C(C)(C)C)c1. The summed E-state index contributed by atoms with van der Waals surface area (Å²) in [5.74, 6) is 0. The van der Waals surface area contributed by atoms with Gasteiger partial charge in [0, 0.05) is 24.7 Å². The largest absolute Gasteiger partial charge is 0.394 e. The third kappa shape index (κ3) is 10.2. The van der Waals surface area contributed by atoms with Crippen LogP contribution in [0.1, 0.15) is 63.8 Å². The second-order valence-electron chi connectivity index (χ2n) is 19.7. The van der Waals surface area contributed by atoms with E-state index in [-0.39, 0.29) is 26.4 Å². The molecule has 12 heteroatoms. The number of benzene rings is 6. The number of ether oxygens (including phenoxy) is 3. The Kier molecular flexibility index (Phi) is 16.2. The predicted octanol–water partition coefficient (Wildman–Crippen LogP) is 11.3. The summed E-state index contributed by atoms with van der Waals surface area (Å²) in [4.78, 5) is 20.1. The van der Waals surface area contributed by atoms with Gasteiger partial charge in [-0.25, -0.2) is 4.79 Å². The van der Waals surface area contributed by atoms with E-state index in [0.29, 0.717) is 5.69 Å². The van der Waals surface area contributed by atoms with Crippen LogP contribution in [0.4, 0.5) is 10.5 Å². The van der Waals surface area contributed by atoms with Crippen LogP contribution in [-0.4, -0.2) is 74.9 Å². The van der Waals surface area contributed by atoms with Crippen molar-refractivity contribution in [3.8, 4) is 0 Å². The van der Waals surface area contributed by atoms with Crippen LogP contribution in [0.3, 0.4) is 0 Å². The normalized spacial score (nSPS) is 21.5. The number of carbonyl (C=O) groups is 1. The van der Waals surface area contributed by atoms with Crippen molar-refractivity contribution >= 4 is 36.0 Å². The van der Waals surface area contributed by atoms with Crippen LogP contribution in [0.25, 0.3) is 16.0 Å². The highest BCUT2D eigenvalue weighted by atomic mass is 28.4. The van der Waals surface area contributed by atoms with Gasteiger partial charge in [0.05, 0.1) is 44.6 Å². The molecule has 1 fully saturated rings. The Morgan fingerprint density at radius 2 is 1.27 bits per heavy atom. The number of nitrogens with one attached hydrogen (secondary N) is 2. The monoisotopic (exact) mass is 957 g/mol. The van der Waals surface area contributed by atoms with E-state index in [1.807, 2.05) is 148 Å². The minimum absolute atomic E-state index is 0.0771. The van der Waals surface area contributed by atoms with E-state index in [1.54, 1.807) is 14.1 Å². The zero-order valence-electron chi connectivity index (χ0n) is 41.8. The third-order valence-electron chi connectivity index (χ3n) is 14.0. The van der Waals surface area contributed by atoms with Gasteiger partial charge in [-0.15, -0.1) is 0 Å². The van der Waals surface area contributed by atoms with Crippen LogP contribution in [0.5, 0.6) is 0 Å². The highest BCUT2D eigenvalue weighted by Gasteiger charge is 2.80. The third-order valence-corrected chi connectivity index (χ3v) is 19.1. The maximum atomic E-state index is 15.0. The van der Waals surface area contributed by atoms with Gasteiger partial charge in [-0.05, 0) is 76.1 Å². The fourth-order valence-electron chi connectivity index (χ4n) is 10.3. The van der Waals surface area contributed by atoms with Crippen molar-refractivity contribution in [1.29, 1.82) is 0 Å². The summed E-state index contributed by atoms with van der Waals surface area (Å²) in [5.41, 5.74) is 11.2. The Labute approximate surface area is 415 Å². The summed E-state index contributed by atoms with van der Waals surface area (Å²) in [6.45, 7) is 17.2. The maximum absolute atomic E-state index is 15.0. The molecule has 6 aromatic carbocycles. The summed E-state index contributed by atoms with van der Waals surface area (Å²) < 4.78 is 30.7. The Morgan fingerprint density at radius 1 is 0.771 bits per heavy atom. The number of carbonyl (C=O) groups excluding carboxylic acids is 1. The Morgan fingerprint density at radius 3 is 1.76 bits per heavy atom. The minimum atomic E-state index is -3.70. The van der Waals surface area contributed by atoms with E-state index in [2.05, 4.69) is 91.4 Å². The van der Waals surface area contributed by atoms with E-state index in [4.69, 9.17) is 23.8 Å². The summed E-state index contributed by atoms with van der Waals surface area (Å²) in [6, 6.07) is 56.0. The molecule has 0 unspecified atom stereocenters. The fraction of sp³-hybridized carbons (Fsp3) is 0.328. The lowest BCUT2D eigenvalue weighted by Crippen LogP contribution is -2.80. The van der Waals surface area contributed by atoms with Gasteiger partial charge >= 0.3 is 6.03 Å². The topological polar surface area (TPSA) is 130 Å². The van der Waals surface area contributed by atoms with Crippen molar-refractivity contribution in [2.24, 2.45) is 5.11 Å². The van der Waals surface area contributed by atoms with Gasteiger partial charge in [-0.2, -0.15) is 0 Å². The number of urea groups is 1. The predicted molar refractivity (Wildman–Crippen MR) is 284 cm³/mol. The molecule has 1 aliphatic carbocycles. The van der Waals surface area contributed by atoms with Crippen molar-refractivity contribution in [3.05, 3.63) is 215 Å². The number of allylic oxidation sites excluding steroid dienone is 1. The first kappa shape index (κ1) is 51.3. The molecule has 2 N–H and O–H groups in total. The lowest BCUT2D eigenvalue weighted by Gasteiger charge is -2.58. The molecule has 7 rings (SSSR count). The molecule has 0 bridgehead atoms. The van der Waals surface area contributed by atoms with Crippen molar-refractivity contribution in [2.75, 3.05) is 26.0 Å². The second kappa shape index (κ2) is 22.1. The highest BCUT2D eigenvalue weighted by Crippen LogP contribution is 2.58. The fourth-order valence-corrected chi connectivity index (χ4v) is 15.2. The average molecular weight is 957 g/mol. The van der Waals surface area contributed by atoms with Gasteiger partial charge < -0.3 is 34.2 Å². The molecule has 364 valence electrons. The average Bonchev–Trinajstić information content (AvgIpc) is 3.52. The molecule has 6 atom stereocenters. The number of hydrogen-bond acceptors (Lipinski definition) is 7. The molecular weight excluding hydrogens is 889 g/mol. The van der Waals surface area contributed by atoms with Crippen molar-refractivity contribution in [2.45, 2.75) is 101 Å². The van der Waals surface area contributed by atoms with E-state index >= 15 is 0 Å². The van der Waals surface area contributed by atoms with Gasteiger partial charge in [0.15, 0.2) is 0 Å². The molecule has 0 heterocycles. The number of amides is 2. The van der Waals surface area contributed by atoms with E-state index in [0.717, 1.165) is 38.2 Å². The number of nitrogens with zero attached hydrogens (tertiary/aromatic N) is 4. The molecular formula is C58H68N6O5Si. The van der Waals surface area contributed by atoms with E-state index in [1.165, 1.54) is 4.90 Å². The summed E-state index contributed by atoms with van der Waals surface area (Å²) >= 11 is 0. The molecule has 0 saturated heterocycles. The highest BCUT2D eigenvalue weighted by molar-refractivity contribution is 6.99. The molecule has 0 aliphatic heterocycles. The van der Waals surface area contributed by atoms with Gasteiger partial charge in [0.2, 0.25) is 0 Å². The molecule has 11 nitrogen and oxygen atoms in total. The first-order valence-corrected chi connectivity index (χ1v) is 25.8. The van der Waals surface area contributed by atoms with E-state index < -0.39 is 54.3 Å². The standard InChI is InChI=1S/C58H68N6O5Si/c1-43(2)48-32-25-33-49(38-48)60-52-53(62-63-59)58(61-54(65)64(8)9,44(3)67-40-46-28-17-11-18-29-46)56(7,68-41-47-30-19-12-20-31-47)57(52,42-66-39-45-26-15-10-16-27-45)69-70(55(4,5)6,50-34-21-13-22-35-50)51-36-23-14-24-37-51/h10-38,44,52-53,60H,1,39-42H2,2-9H3,(H,61,65)/t44-,52-,53-,56-,57+,58-/m0/s1. The summed E-state index contributed by atoms with van der Waals surface area (Å²) in [7, 11) is -0.323. The molecule has 0 spiro atoms. The van der Waals surface area contributed by atoms with Crippen LogP contribution in [0.2, 0.25) is 5.04 Å². The van der Waals surface area contributed by atoms with Crippen LogP contribution >= 0.6 is 0 Å². The Bertz CT molecular complexity index is 2660. The zero-order chi connectivity index (χ0) is 50.0. The summed E-state index contributed by atoms with van der Waals surface area (Å²) in [5, 5.41) is 13.7. The number of azide groups is 1. The Balaban J connectivity index is 1.65. The minimum Gasteiger partial charge on any atom is -0.394 e. The van der Waals surface area contributed by atoms with Gasteiger partial charge in [0.25, 0.3) is 8.32 Å². The first-order valence-electron chi connectivity index (χ1n) is 23.9. The van der Waals surface area contributed by atoms with Gasteiger partial charge in [0.1, 0.15) is 16.7 Å². The van der Waals surface area contributed by atoms with Gasteiger partial charge in [-0.3, -0.25) is 0 Å². The molecule has 0 aromatic heterocycles. The Hall–Kier alpha value is -6.50. The van der Waals surface area contributed by atoms with Crippen LogP contribution < -0.4 is 21.0 Å². The number of anilines is 1. The molecule has 2 amide bonds. The molecule has 1 aliphatic rings. The molecule has 70 heavy (non-hydrogen) atoms. The van der Waals surface area contributed by atoms with Crippen LogP contribution in [0, 0.1) is 0 Å². The molecule has 6 aromatic rings. The summed E-state index contributed by atoms with van der Waals surface area (Å²) in [6.07, 6.45) is -0.919. The number of hydrogen-bond donors (Lipinski definition) is 2. The lowest BCUT2D eigenvalue weighted by atomic mass is 9.72. The van der Waals surface area contributed by atoms with Crippen molar-refractivity contribution < 1.29 is 23.4 Å². The molecule has 0 radical (unpaired) electrons. The van der Waals surface area contributed by atoms with Crippen LogP contribution in [-0.2, 0) is 38.5 Å². The first-order chi connectivity index (χ1) is 33.6. The number of rotatable bonds is 20. The maximum Gasteiger partial charge on any atom is 0.317 e. The molecule has 1 saturated carbocycles. The van der Waals surface area contributed by atoms with Gasteiger partial charge in [-0.1, -0.05) is 202 Å². The zero-order valence-corrected chi connectivity index (χ0v) is 42.8. The van der Waals surface area contributed by atoms with Crippen LogP contribution in [0.15, 0.2) is 188 Å². The lowest BCUT2D eigenvalue weighted by molar-refractivity contribution is -0.223.